The van der Waals surface area contributed by atoms with Crippen molar-refractivity contribution in [3.8, 4) is 11.5 Å². The van der Waals surface area contributed by atoms with E-state index in [0.29, 0.717) is 38.6 Å². The maximum Gasteiger partial charge on any atom is 0.242 e. The van der Waals surface area contributed by atoms with E-state index in [1.165, 1.54) is 13.3 Å². The van der Waals surface area contributed by atoms with Gasteiger partial charge in [-0.1, -0.05) is 40.9 Å². The van der Waals surface area contributed by atoms with Gasteiger partial charge in [0.1, 0.15) is 6.61 Å². The van der Waals surface area contributed by atoms with Gasteiger partial charge < -0.3 is 9.47 Å². The van der Waals surface area contributed by atoms with Crippen LogP contribution in [0.15, 0.2) is 35.4 Å². The van der Waals surface area contributed by atoms with Crippen molar-refractivity contribution >= 4 is 70.4 Å². The van der Waals surface area contributed by atoms with Crippen molar-refractivity contribution in [1.29, 1.82) is 0 Å². The number of rotatable bonds is 8. The summed E-state index contributed by atoms with van der Waals surface area (Å²) < 4.78 is 11.2. The van der Waals surface area contributed by atoms with E-state index in [0.717, 1.165) is 17.1 Å². The number of nitrogens with one attached hydrogen (secondary N) is 1. The van der Waals surface area contributed by atoms with E-state index in [9.17, 15) is 4.79 Å². The lowest BCUT2D eigenvalue weighted by Gasteiger charge is -2.19. The van der Waals surface area contributed by atoms with Crippen LogP contribution in [0.2, 0.25) is 15.1 Å². The summed E-state index contributed by atoms with van der Waals surface area (Å²) in [6.45, 7) is 2.28. The minimum atomic E-state index is -0.126. The second-order valence-corrected chi connectivity index (χ2v) is 11.6. The number of amides is 1. The predicted molar refractivity (Wildman–Crippen MR) is 132 cm³/mol. The van der Waals surface area contributed by atoms with E-state index >= 15 is 0 Å². The van der Waals surface area contributed by atoms with Crippen LogP contribution in [0.5, 0.6) is 11.5 Å². The minimum absolute atomic E-state index is 0.0852. The Morgan fingerprint density at radius 2 is 1.94 bits per heavy atom. The number of hydrogen-bond donors (Lipinski definition) is 1. The summed E-state index contributed by atoms with van der Waals surface area (Å²) in [6.07, 6.45) is 1.92. The standard InChI is InChI=1S/C21H21Cl3N2O3S2/c1-21(30-5-6-31-21)10-19(27)26-25-11-13-7-17(24)20(18(8-13)28-2)29-12-14-3-4-15(22)9-16(14)23/h3-4,7-9,11H,5-6,10,12H2,1-2H3,(H,26,27)/b25-11-. The zero-order valence-corrected chi connectivity index (χ0v) is 20.8. The Bertz CT molecular complexity index is 983. The molecule has 0 unspecified atom stereocenters. The van der Waals surface area contributed by atoms with Gasteiger partial charge in [-0.2, -0.15) is 5.10 Å². The largest absolute Gasteiger partial charge is 0.493 e. The first kappa shape index (κ1) is 24.4. The van der Waals surface area contributed by atoms with Crippen LogP contribution in [0.25, 0.3) is 0 Å². The smallest absolute Gasteiger partial charge is 0.242 e. The second-order valence-electron chi connectivity index (χ2n) is 6.86. The highest BCUT2D eigenvalue weighted by molar-refractivity contribution is 8.21. The molecule has 0 aliphatic carbocycles. The summed E-state index contributed by atoms with van der Waals surface area (Å²) >= 11 is 22.1. The number of carbonyl (C=O) groups excluding carboxylic acids is 1. The molecule has 0 bridgehead atoms. The summed E-state index contributed by atoms with van der Waals surface area (Å²) in [7, 11) is 1.52. The molecule has 0 saturated carbocycles. The normalized spacial score (nSPS) is 15.3. The zero-order chi connectivity index (χ0) is 22.4. The van der Waals surface area contributed by atoms with Crippen molar-refractivity contribution in [3.63, 3.8) is 0 Å². The summed E-state index contributed by atoms with van der Waals surface area (Å²) in [6, 6.07) is 8.59. The molecule has 0 aromatic heterocycles. The molecule has 1 N–H and O–H groups in total. The van der Waals surface area contributed by atoms with Gasteiger partial charge in [0.25, 0.3) is 0 Å². The fourth-order valence-corrected chi connectivity index (χ4v) is 6.48. The maximum atomic E-state index is 12.2. The van der Waals surface area contributed by atoms with Crippen LogP contribution < -0.4 is 14.9 Å². The third kappa shape index (κ3) is 6.86. The van der Waals surface area contributed by atoms with Crippen LogP contribution in [0.3, 0.4) is 0 Å². The Balaban J connectivity index is 1.64. The molecule has 5 nitrogen and oxygen atoms in total. The Labute approximate surface area is 205 Å². The summed E-state index contributed by atoms with van der Waals surface area (Å²) in [5.41, 5.74) is 4.01. The number of ether oxygens (including phenoxy) is 2. The van der Waals surface area contributed by atoms with Crippen molar-refractivity contribution in [2.45, 2.75) is 24.0 Å². The maximum absolute atomic E-state index is 12.2. The molecule has 31 heavy (non-hydrogen) atoms. The van der Waals surface area contributed by atoms with Gasteiger partial charge in [-0.15, -0.1) is 23.5 Å². The quantitative estimate of drug-likeness (QED) is 0.329. The fraction of sp³-hybridized carbons (Fsp3) is 0.333. The second kappa shape index (κ2) is 11.1. The molecule has 1 aliphatic rings. The number of thioether (sulfide) groups is 2. The van der Waals surface area contributed by atoms with Gasteiger partial charge in [0.2, 0.25) is 5.91 Å². The molecule has 10 heteroatoms. The molecule has 1 aliphatic heterocycles. The Morgan fingerprint density at radius 3 is 2.61 bits per heavy atom. The number of halogens is 3. The first-order valence-corrected chi connectivity index (χ1v) is 12.4. The molecule has 0 radical (unpaired) electrons. The van der Waals surface area contributed by atoms with E-state index < -0.39 is 0 Å². The van der Waals surface area contributed by atoms with E-state index in [2.05, 4.69) is 17.5 Å². The molecule has 1 fully saturated rings. The average Bonchev–Trinajstić information content (AvgIpc) is 3.13. The summed E-state index contributed by atoms with van der Waals surface area (Å²) in [5.74, 6) is 2.83. The number of hydrazone groups is 1. The van der Waals surface area contributed by atoms with E-state index in [4.69, 9.17) is 44.3 Å². The van der Waals surface area contributed by atoms with Gasteiger partial charge in [-0.3, -0.25) is 4.79 Å². The van der Waals surface area contributed by atoms with Gasteiger partial charge in [0, 0.05) is 27.1 Å². The highest BCUT2D eigenvalue weighted by Gasteiger charge is 2.32. The monoisotopic (exact) mass is 518 g/mol. The topological polar surface area (TPSA) is 59.9 Å². The molecule has 3 rings (SSSR count). The van der Waals surface area contributed by atoms with Crippen LogP contribution in [-0.2, 0) is 11.4 Å². The van der Waals surface area contributed by atoms with Crippen LogP contribution in [0, 0.1) is 0 Å². The summed E-state index contributed by atoms with van der Waals surface area (Å²) in [5, 5.41) is 5.45. The molecule has 1 saturated heterocycles. The van der Waals surface area contributed by atoms with Gasteiger partial charge in [-0.05, 0) is 36.8 Å². The van der Waals surface area contributed by atoms with Crippen LogP contribution in [-0.4, -0.2) is 34.8 Å². The number of carbonyl (C=O) groups is 1. The average molecular weight is 520 g/mol. The molecule has 0 spiro atoms. The van der Waals surface area contributed by atoms with Crippen LogP contribution >= 0.6 is 58.3 Å². The lowest BCUT2D eigenvalue weighted by molar-refractivity contribution is -0.121. The number of benzene rings is 2. The molecule has 1 heterocycles. The first-order chi connectivity index (χ1) is 14.8. The van der Waals surface area contributed by atoms with E-state index in [1.54, 1.807) is 53.9 Å². The Morgan fingerprint density at radius 1 is 1.19 bits per heavy atom. The molecular formula is C21H21Cl3N2O3S2. The van der Waals surface area contributed by atoms with Crippen molar-refractivity contribution < 1.29 is 14.3 Å². The fourth-order valence-electron chi connectivity index (χ4n) is 2.91. The zero-order valence-electron chi connectivity index (χ0n) is 16.9. The van der Waals surface area contributed by atoms with Crippen LogP contribution in [0.1, 0.15) is 24.5 Å². The lowest BCUT2D eigenvalue weighted by atomic mass is 10.2. The molecule has 1 amide bonds. The third-order valence-corrected chi connectivity index (χ3v) is 8.58. The highest BCUT2D eigenvalue weighted by atomic mass is 35.5. The molecule has 0 atom stereocenters. The van der Waals surface area contributed by atoms with E-state index in [-0.39, 0.29) is 16.6 Å². The third-order valence-electron chi connectivity index (χ3n) is 4.42. The lowest BCUT2D eigenvalue weighted by Crippen LogP contribution is -2.26. The van der Waals surface area contributed by atoms with Gasteiger partial charge >= 0.3 is 0 Å². The van der Waals surface area contributed by atoms with Crippen molar-refractivity contribution in [2.75, 3.05) is 18.6 Å². The Kier molecular flexibility index (Phi) is 8.70. The first-order valence-electron chi connectivity index (χ1n) is 9.34. The van der Waals surface area contributed by atoms with Gasteiger partial charge in [-0.25, -0.2) is 5.43 Å². The van der Waals surface area contributed by atoms with E-state index in [1.807, 2.05) is 0 Å². The number of nitrogens with zero attached hydrogens (tertiary/aromatic N) is 1. The van der Waals surface area contributed by atoms with Crippen molar-refractivity contribution in [2.24, 2.45) is 5.10 Å². The molecule has 166 valence electrons. The Hall–Kier alpha value is -1.25. The van der Waals surface area contributed by atoms with Gasteiger partial charge in [0.15, 0.2) is 11.5 Å². The summed E-state index contributed by atoms with van der Waals surface area (Å²) in [4.78, 5) is 12.2. The number of methoxy groups -OCH3 is 1. The predicted octanol–water partition coefficient (Wildman–Crippen LogP) is 6.27. The molecule has 2 aromatic rings. The SMILES string of the molecule is COc1cc(/C=N\NC(=O)CC2(C)SCCS2)cc(Cl)c1OCc1ccc(Cl)cc1Cl. The van der Waals surface area contributed by atoms with Crippen molar-refractivity contribution in [3.05, 3.63) is 56.5 Å². The minimum Gasteiger partial charge on any atom is -0.493 e. The number of hydrogen-bond acceptors (Lipinski definition) is 6. The molecular weight excluding hydrogens is 499 g/mol. The van der Waals surface area contributed by atoms with Gasteiger partial charge in [0.05, 0.1) is 28.8 Å². The molecule has 2 aromatic carbocycles. The van der Waals surface area contributed by atoms with Crippen molar-refractivity contribution in [1.82, 2.24) is 5.43 Å². The van der Waals surface area contributed by atoms with Crippen LogP contribution in [0.4, 0.5) is 0 Å². The highest BCUT2D eigenvalue weighted by Crippen LogP contribution is 2.45.